The number of pyridine rings is 1. The first-order valence-corrected chi connectivity index (χ1v) is 14.1. The lowest BCUT2D eigenvalue weighted by Gasteiger charge is -2.43. The zero-order valence-corrected chi connectivity index (χ0v) is 23.1. The third-order valence-electron chi connectivity index (χ3n) is 8.09. The Kier molecular flexibility index (Phi) is 8.75. The summed E-state index contributed by atoms with van der Waals surface area (Å²) in [6.45, 7) is 3.36. The van der Waals surface area contributed by atoms with Gasteiger partial charge in [0.15, 0.2) is 0 Å². The van der Waals surface area contributed by atoms with Crippen molar-refractivity contribution in [2.75, 3.05) is 18.4 Å². The molecule has 3 aliphatic rings. The molecular formula is C33H34F2N4O2. The summed E-state index contributed by atoms with van der Waals surface area (Å²) in [5, 5.41) is 6.42. The predicted octanol–water partition coefficient (Wildman–Crippen LogP) is 4.88. The van der Waals surface area contributed by atoms with Gasteiger partial charge in [-0.2, -0.15) is 0 Å². The van der Waals surface area contributed by atoms with Crippen molar-refractivity contribution in [2.24, 2.45) is 5.92 Å². The number of aromatic nitrogens is 1. The fraction of sp³-hybridized carbons (Fsp3) is 0.364. The van der Waals surface area contributed by atoms with Crippen LogP contribution in [0, 0.1) is 29.4 Å². The highest BCUT2D eigenvalue weighted by molar-refractivity contribution is 5.92. The lowest BCUT2D eigenvalue weighted by Crippen LogP contribution is -2.66. The van der Waals surface area contributed by atoms with Crippen LogP contribution in [0.5, 0.6) is 0 Å². The number of nitrogens with zero attached hydrogens (tertiary/aromatic N) is 2. The van der Waals surface area contributed by atoms with Crippen LogP contribution in [0.15, 0.2) is 66.9 Å². The lowest BCUT2D eigenvalue weighted by molar-refractivity contribution is -0.143. The normalized spacial score (nSPS) is 20.5. The highest BCUT2D eigenvalue weighted by atomic mass is 19.1. The molecular weight excluding hydrogens is 522 g/mol. The van der Waals surface area contributed by atoms with Gasteiger partial charge < -0.3 is 15.5 Å². The van der Waals surface area contributed by atoms with Crippen molar-refractivity contribution in [3.8, 4) is 11.8 Å². The maximum Gasteiger partial charge on any atom is 0.243 e. The van der Waals surface area contributed by atoms with Crippen LogP contribution in [0.1, 0.15) is 49.3 Å². The summed E-state index contributed by atoms with van der Waals surface area (Å²) in [7, 11) is 0. The number of anilines is 1. The molecule has 0 bridgehead atoms. The Bertz CT molecular complexity index is 1440. The van der Waals surface area contributed by atoms with Gasteiger partial charge in [-0.25, -0.2) is 13.8 Å². The van der Waals surface area contributed by atoms with Gasteiger partial charge in [0.1, 0.15) is 17.5 Å². The fourth-order valence-corrected chi connectivity index (χ4v) is 5.83. The molecule has 6 nitrogen and oxygen atoms in total. The number of rotatable bonds is 3. The van der Waals surface area contributed by atoms with E-state index in [9.17, 15) is 18.4 Å². The van der Waals surface area contributed by atoms with Crippen molar-refractivity contribution >= 4 is 17.6 Å². The Morgan fingerprint density at radius 1 is 1.05 bits per heavy atom. The molecule has 1 aliphatic heterocycles. The predicted molar refractivity (Wildman–Crippen MR) is 154 cm³/mol. The molecule has 2 fully saturated rings. The largest absolute Gasteiger partial charge is 0.326 e. The van der Waals surface area contributed by atoms with Crippen LogP contribution in [-0.4, -0.2) is 46.4 Å². The van der Waals surface area contributed by atoms with E-state index in [2.05, 4.69) is 46.5 Å². The van der Waals surface area contributed by atoms with E-state index < -0.39 is 11.6 Å². The number of carbonyl (C=O) groups excluding carboxylic acids is 2. The van der Waals surface area contributed by atoms with Crippen LogP contribution in [0.25, 0.3) is 0 Å². The van der Waals surface area contributed by atoms with Gasteiger partial charge in [0.05, 0.1) is 12.1 Å². The van der Waals surface area contributed by atoms with E-state index in [-0.39, 0.29) is 29.3 Å². The summed E-state index contributed by atoms with van der Waals surface area (Å²) in [5.41, 5.74) is 2.97. The van der Waals surface area contributed by atoms with Gasteiger partial charge >= 0.3 is 0 Å². The minimum absolute atomic E-state index is 0.00424. The molecule has 0 radical (unpaired) electrons. The summed E-state index contributed by atoms with van der Waals surface area (Å²) in [6, 6.07) is 16.4. The van der Waals surface area contributed by atoms with E-state index in [0.717, 1.165) is 50.3 Å². The number of fused-ring (bicyclic) bond motifs is 1. The maximum absolute atomic E-state index is 13.1. The molecule has 8 heteroatoms. The SMILES string of the molecule is CC1CNC2(CCCC2)C(=O)N1CC#Cc1ccc2c(c1)CC(C(=O)Nc1ccccn1)C2.Fc1cccc(F)c1. The summed E-state index contributed by atoms with van der Waals surface area (Å²) in [5.74, 6) is 6.12. The van der Waals surface area contributed by atoms with Gasteiger partial charge in [-0.05, 0) is 80.1 Å². The molecule has 2 aromatic carbocycles. The van der Waals surface area contributed by atoms with Gasteiger partial charge in [-0.15, -0.1) is 0 Å². The third kappa shape index (κ3) is 6.80. The standard InChI is InChI=1S/C27H30N4O2.C6H4F2/c1-19-18-29-27(11-3-4-12-27)26(33)31(19)14-6-7-20-9-10-21-16-23(17-22(21)15-20)25(32)30-24-8-2-5-13-28-24;7-5-2-1-3-6(8)4-5/h2,5,8-10,13,15,19,23,29H,3-4,11-12,14,16-18H2,1H3,(H,28,30,32);1-4H. The molecule has 2 amide bonds. The molecule has 1 aromatic heterocycles. The topological polar surface area (TPSA) is 74.3 Å². The second kappa shape index (κ2) is 12.6. The monoisotopic (exact) mass is 556 g/mol. The number of halogens is 2. The van der Waals surface area contributed by atoms with Crippen LogP contribution < -0.4 is 10.6 Å². The highest BCUT2D eigenvalue weighted by Crippen LogP contribution is 2.34. The molecule has 1 spiro atoms. The number of hydrogen-bond acceptors (Lipinski definition) is 4. The van der Waals surface area contributed by atoms with E-state index in [0.29, 0.717) is 18.8 Å². The van der Waals surface area contributed by atoms with E-state index in [1.54, 1.807) is 12.3 Å². The first-order valence-electron chi connectivity index (χ1n) is 14.1. The Morgan fingerprint density at radius 2 is 1.80 bits per heavy atom. The van der Waals surface area contributed by atoms with Crippen LogP contribution >= 0.6 is 0 Å². The summed E-state index contributed by atoms with van der Waals surface area (Å²) in [6.07, 6.45) is 7.21. The van der Waals surface area contributed by atoms with E-state index in [4.69, 9.17) is 0 Å². The van der Waals surface area contributed by atoms with Gasteiger partial charge in [-0.1, -0.05) is 42.9 Å². The Labute approximate surface area is 239 Å². The Balaban J connectivity index is 0.000000365. The zero-order chi connectivity index (χ0) is 28.8. The zero-order valence-electron chi connectivity index (χ0n) is 23.1. The van der Waals surface area contributed by atoms with Gasteiger partial charge in [0.2, 0.25) is 11.8 Å². The summed E-state index contributed by atoms with van der Waals surface area (Å²) < 4.78 is 23.9. The number of nitrogens with one attached hydrogen (secondary N) is 2. The maximum atomic E-state index is 13.1. The van der Waals surface area contributed by atoms with Crippen molar-refractivity contribution < 1.29 is 18.4 Å². The quantitative estimate of drug-likeness (QED) is 0.451. The summed E-state index contributed by atoms with van der Waals surface area (Å²) >= 11 is 0. The van der Waals surface area contributed by atoms with Crippen molar-refractivity contribution in [3.63, 3.8) is 0 Å². The first-order chi connectivity index (χ1) is 19.8. The minimum atomic E-state index is -0.537. The van der Waals surface area contributed by atoms with Crippen molar-refractivity contribution in [1.29, 1.82) is 0 Å². The molecule has 212 valence electrons. The molecule has 2 N–H and O–H groups in total. The third-order valence-corrected chi connectivity index (χ3v) is 8.09. The van der Waals surface area contributed by atoms with E-state index in [1.165, 1.54) is 29.3 Å². The van der Waals surface area contributed by atoms with Crippen molar-refractivity contribution in [1.82, 2.24) is 15.2 Å². The number of piperazine rings is 1. The molecule has 2 aliphatic carbocycles. The van der Waals surface area contributed by atoms with Crippen LogP contribution in [0.3, 0.4) is 0 Å². The fourth-order valence-electron chi connectivity index (χ4n) is 5.83. The number of amides is 2. The molecule has 2 unspecified atom stereocenters. The van der Waals surface area contributed by atoms with Crippen LogP contribution in [0.4, 0.5) is 14.6 Å². The van der Waals surface area contributed by atoms with Gasteiger partial charge in [-0.3, -0.25) is 9.59 Å². The average Bonchev–Trinajstić information content (AvgIpc) is 3.62. The van der Waals surface area contributed by atoms with Crippen LogP contribution in [-0.2, 0) is 22.4 Å². The van der Waals surface area contributed by atoms with Crippen LogP contribution in [0.2, 0.25) is 0 Å². The number of carbonyl (C=O) groups is 2. The highest BCUT2D eigenvalue weighted by Gasteiger charge is 2.47. The van der Waals surface area contributed by atoms with Gasteiger partial charge in [0.25, 0.3) is 0 Å². The van der Waals surface area contributed by atoms with Crippen molar-refractivity contribution in [3.05, 3.63) is 95.2 Å². The molecule has 3 aromatic rings. The van der Waals surface area contributed by atoms with Crippen molar-refractivity contribution in [2.45, 2.75) is 57.0 Å². The second-order valence-corrected chi connectivity index (χ2v) is 11.0. The molecule has 2 heterocycles. The summed E-state index contributed by atoms with van der Waals surface area (Å²) in [4.78, 5) is 31.9. The number of hydrogen-bond donors (Lipinski definition) is 2. The average molecular weight is 557 g/mol. The molecule has 2 atom stereocenters. The molecule has 41 heavy (non-hydrogen) atoms. The Morgan fingerprint density at radius 3 is 2.49 bits per heavy atom. The first kappa shape index (κ1) is 28.4. The van der Waals surface area contributed by atoms with E-state index in [1.807, 2.05) is 23.1 Å². The van der Waals surface area contributed by atoms with Gasteiger partial charge in [0, 0.05) is 36.3 Å². The Hall–Kier alpha value is -4.09. The van der Waals surface area contributed by atoms with E-state index >= 15 is 0 Å². The minimum Gasteiger partial charge on any atom is -0.326 e. The molecule has 1 saturated carbocycles. The molecule has 1 saturated heterocycles. The molecule has 6 rings (SSSR count). The second-order valence-electron chi connectivity index (χ2n) is 11.0. The smallest absolute Gasteiger partial charge is 0.243 e. The lowest BCUT2D eigenvalue weighted by atomic mass is 9.91. The number of benzene rings is 2.